The molecule has 1 rings (SSSR count). The van der Waals surface area contributed by atoms with Crippen molar-refractivity contribution in [2.45, 2.75) is 45.8 Å². The van der Waals surface area contributed by atoms with E-state index in [4.69, 9.17) is 10.1 Å². The third-order valence-corrected chi connectivity index (χ3v) is 2.70. The molecule has 0 bridgehead atoms. The van der Waals surface area contributed by atoms with Crippen LogP contribution in [0.3, 0.4) is 0 Å². The average Bonchev–Trinajstić information content (AvgIpc) is 2.35. The van der Waals surface area contributed by atoms with Crippen LogP contribution in [0.25, 0.3) is 0 Å². The number of alkyl carbamates (subject to hydrolysis) is 1. The van der Waals surface area contributed by atoms with Crippen molar-refractivity contribution in [3.05, 3.63) is 39.9 Å². The smallest absolute Gasteiger partial charge is 0.407 e. The Morgan fingerprint density at radius 3 is 2.36 bits per heavy atom. The number of nitro groups is 1. The molecule has 0 radical (unpaired) electrons. The molecule has 7 heteroatoms. The molecule has 1 aromatic rings. The molecule has 0 aliphatic heterocycles. The number of non-ortho nitro benzene ring substituents is 1. The number of hydrogen-bond donors (Lipinski definition) is 2. The summed E-state index contributed by atoms with van der Waals surface area (Å²) in [5.74, 6) is 0. The number of rotatable bonds is 5. The van der Waals surface area contributed by atoms with E-state index < -0.39 is 16.6 Å². The molecule has 1 aromatic carbocycles. The number of nitro benzene ring substituents is 1. The summed E-state index contributed by atoms with van der Waals surface area (Å²) in [5, 5.41) is 21.2. The largest absolute Gasteiger partial charge is 0.444 e. The van der Waals surface area contributed by atoms with Gasteiger partial charge in [0, 0.05) is 30.3 Å². The molecule has 0 aromatic heterocycles. The van der Waals surface area contributed by atoms with Gasteiger partial charge in [0.15, 0.2) is 0 Å². The normalized spacial score (nSPS) is 12.4. The molecule has 0 fully saturated rings. The number of carbonyl (C=O) groups is 1. The molecule has 0 aliphatic rings. The van der Waals surface area contributed by atoms with Crippen LogP contribution in [0.2, 0.25) is 0 Å². The molecular formula is C15H21N3O4. The van der Waals surface area contributed by atoms with Crippen LogP contribution in [0, 0.1) is 15.5 Å². The summed E-state index contributed by atoms with van der Waals surface area (Å²) < 4.78 is 5.14. The van der Waals surface area contributed by atoms with Crippen molar-refractivity contribution in [3.63, 3.8) is 0 Å². The Kier molecular flexibility index (Phi) is 5.62. The van der Waals surface area contributed by atoms with Gasteiger partial charge in [0.2, 0.25) is 0 Å². The summed E-state index contributed by atoms with van der Waals surface area (Å²) in [6.07, 6.45) is -0.228. The highest BCUT2D eigenvalue weighted by Gasteiger charge is 2.18. The second-order valence-corrected chi connectivity index (χ2v) is 6.03. The number of amides is 1. The van der Waals surface area contributed by atoms with Crippen LogP contribution in [-0.2, 0) is 4.74 Å². The van der Waals surface area contributed by atoms with Gasteiger partial charge in [-0.25, -0.2) is 4.79 Å². The fourth-order valence-electron chi connectivity index (χ4n) is 1.77. The van der Waals surface area contributed by atoms with E-state index in [0.717, 1.165) is 0 Å². The third-order valence-electron chi connectivity index (χ3n) is 2.70. The zero-order chi connectivity index (χ0) is 16.9. The average molecular weight is 307 g/mol. The topological polar surface area (TPSA) is 105 Å². The minimum Gasteiger partial charge on any atom is -0.444 e. The molecule has 1 atom stereocenters. The van der Waals surface area contributed by atoms with Gasteiger partial charge in [-0.3, -0.25) is 10.1 Å². The molecule has 0 unspecified atom stereocenters. The van der Waals surface area contributed by atoms with E-state index in [1.54, 1.807) is 27.7 Å². The van der Waals surface area contributed by atoms with Gasteiger partial charge in [-0.05, 0) is 45.4 Å². The summed E-state index contributed by atoms with van der Waals surface area (Å²) in [5.41, 5.74) is 0.286. The Balaban J connectivity index is 2.57. The molecule has 2 N–H and O–H groups in total. The summed E-state index contributed by atoms with van der Waals surface area (Å²) in [6, 6.07) is 5.49. The van der Waals surface area contributed by atoms with Crippen molar-refractivity contribution >= 4 is 17.5 Å². The van der Waals surface area contributed by atoms with E-state index >= 15 is 0 Å². The highest BCUT2D eigenvalue weighted by molar-refractivity contribution is 5.98. The Hall–Kier alpha value is -2.44. The maximum atomic E-state index is 11.6. The van der Waals surface area contributed by atoms with Crippen LogP contribution in [-0.4, -0.2) is 28.4 Å². The molecule has 0 saturated heterocycles. The number of nitrogens with zero attached hydrogens (tertiary/aromatic N) is 1. The van der Waals surface area contributed by atoms with Crippen LogP contribution >= 0.6 is 0 Å². The quantitative estimate of drug-likeness (QED) is 0.494. The lowest BCUT2D eigenvalue weighted by atomic mass is 10.0. The number of hydrogen-bond acceptors (Lipinski definition) is 5. The molecular weight excluding hydrogens is 286 g/mol. The SMILES string of the molecule is C[C@H](CC(=N)c1ccc([N+](=O)[O-])cc1)NC(=O)OC(C)(C)C. The first-order valence-corrected chi connectivity index (χ1v) is 6.90. The van der Waals surface area contributed by atoms with Crippen LogP contribution in [0.5, 0.6) is 0 Å². The van der Waals surface area contributed by atoms with E-state index in [0.29, 0.717) is 17.7 Å². The van der Waals surface area contributed by atoms with Crippen molar-refractivity contribution in [2.75, 3.05) is 0 Å². The summed E-state index contributed by atoms with van der Waals surface area (Å²) in [7, 11) is 0. The summed E-state index contributed by atoms with van der Waals surface area (Å²) >= 11 is 0. The van der Waals surface area contributed by atoms with Crippen molar-refractivity contribution in [2.24, 2.45) is 0 Å². The zero-order valence-corrected chi connectivity index (χ0v) is 13.2. The lowest BCUT2D eigenvalue weighted by molar-refractivity contribution is -0.384. The first-order chi connectivity index (χ1) is 10.1. The van der Waals surface area contributed by atoms with Crippen molar-refractivity contribution in [1.82, 2.24) is 5.32 Å². The Morgan fingerprint density at radius 2 is 1.91 bits per heavy atom. The number of nitrogens with one attached hydrogen (secondary N) is 2. The molecule has 22 heavy (non-hydrogen) atoms. The lowest BCUT2D eigenvalue weighted by Gasteiger charge is -2.22. The van der Waals surface area contributed by atoms with Gasteiger partial charge in [0.25, 0.3) is 5.69 Å². The Morgan fingerprint density at radius 1 is 1.36 bits per heavy atom. The zero-order valence-electron chi connectivity index (χ0n) is 13.2. The Bertz CT molecular complexity index is 561. The number of carbonyl (C=O) groups excluding carboxylic acids is 1. The van der Waals surface area contributed by atoms with Gasteiger partial charge in [-0.15, -0.1) is 0 Å². The molecule has 120 valence electrons. The molecule has 0 heterocycles. The first-order valence-electron chi connectivity index (χ1n) is 6.90. The van der Waals surface area contributed by atoms with E-state index in [-0.39, 0.29) is 11.7 Å². The van der Waals surface area contributed by atoms with Crippen molar-refractivity contribution < 1.29 is 14.5 Å². The van der Waals surface area contributed by atoms with Crippen molar-refractivity contribution in [3.8, 4) is 0 Å². The van der Waals surface area contributed by atoms with Gasteiger partial charge in [-0.1, -0.05) is 0 Å². The van der Waals surface area contributed by atoms with Crippen LogP contribution in [0.15, 0.2) is 24.3 Å². The summed E-state index contributed by atoms with van der Waals surface area (Å²) in [4.78, 5) is 21.7. The third kappa shape index (κ3) is 5.90. The van der Waals surface area contributed by atoms with E-state index in [1.807, 2.05) is 0 Å². The molecule has 0 spiro atoms. The van der Waals surface area contributed by atoms with Crippen LogP contribution < -0.4 is 5.32 Å². The van der Waals surface area contributed by atoms with E-state index in [1.165, 1.54) is 24.3 Å². The minimum atomic E-state index is -0.574. The predicted molar refractivity (Wildman–Crippen MR) is 83.4 cm³/mol. The molecule has 0 aliphatic carbocycles. The van der Waals surface area contributed by atoms with Gasteiger partial charge >= 0.3 is 6.09 Å². The lowest BCUT2D eigenvalue weighted by Crippen LogP contribution is -2.38. The fraction of sp³-hybridized carbons (Fsp3) is 0.467. The van der Waals surface area contributed by atoms with Crippen LogP contribution in [0.4, 0.5) is 10.5 Å². The molecule has 1 amide bonds. The number of ether oxygens (including phenoxy) is 1. The second-order valence-electron chi connectivity index (χ2n) is 6.03. The van der Waals surface area contributed by atoms with Crippen molar-refractivity contribution in [1.29, 1.82) is 5.41 Å². The fourth-order valence-corrected chi connectivity index (χ4v) is 1.77. The van der Waals surface area contributed by atoms with E-state index in [9.17, 15) is 14.9 Å². The van der Waals surface area contributed by atoms with Gasteiger partial charge in [0.1, 0.15) is 5.60 Å². The highest BCUT2D eigenvalue weighted by atomic mass is 16.6. The maximum absolute atomic E-state index is 11.6. The Labute approximate surface area is 129 Å². The highest BCUT2D eigenvalue weighted by Crippen LogP contribution is 2.14. The van der Waals surface area contributed by atoms with Gasteiger partial charge in [0.05, 0.1) is 4.92 Å². The van der Waals surface area contributed by atoms with Gasteiger partial charge < -0.3 is 15.5 Å². The maximum Gasteiger partial charge on any atom is 0.407 e. The summed E-state index contributed by atoms with van der Waals surface area (Å²) in [6.45, 7) is 7.09. The standard InChI is InChI=1S/C15H21N3O4/c1-10(17-14(19)22-15(2,3)4)9-13(16)11-5-7-12(8-6-11)18(20)21/h5-8,10,16H,9H2,1-4H3,(H,17,19)/t10-/m1/s1. The molecule has 7 nitrogen and oxygen atoms in total. The predicted octanol–water partition coefficient (Wildman–Crippen LogP) is 3.27. The minimum absolute atomic E-state index is 0.0171. The van der Waals surface area contributed by atoms with E-state index in [2.05, 4.69) is 5.32 Å². The first kappa shape index (κ1) is 17.6. The monoisotopic (exact) mass is 307 g/mol. The molecule has 0 saturated carbocycles. The van der Waals surface area contributed by atoms with Gasteiger partial charge in [-0.2, -0.15) is 0 Å². The number of benzene rings is 1. The van der Waals surface area contributed by atoms with Crippen LogP contribution in [0.1, 0.15) is 39.7 Å². The second kappa shape index (κ2) is 7.02.